The highest BCUT2D eigenvalue weighted by Crippen LogP contribution is 2.21. The van der Waals surface area contributed by atoms with Gasteiger partial charge in [-0.3, -0.25) is 0 Å². The van der Waals surface area contributed by atoms with Crippen molar-refractivity contribution < 1.29 is 0 Å². The van der Waals surface area contributed by atoms with Gasteiger partial charge >= 0.3 is 0 Å². The van der Waals surface area contributed by atoms with Crippen LogP contribution in [-0.2, 0) is 0 Å². The van der Waals surface area contributed by atoms with Crippen molar-refractivity contribution in [3.8, 4) is 0 Å². The van der Waals surface area contributed by atoms with Gasteiger partial charge in [-0.25, -0.2) is 0 Å². The van der Waals surface area contributed by atoms with Gasteiger partial charge in [0.15, 0.2) is 0 Å². The van der Waals surface area contributed by atoms with Gasteiger partial charge in [0.05, 0.1) is 5.02 Å². The normalized spacial score (nSPS) is 12.1. The molecule has 0 radical (unpaired) electrons. The number of hydrogen-bond acceptors (Lipinski definition) is 2. The SMILES string of the molecule is CCC(=Cc1cc(Cl)cs1)CNC. The summed E-state index contributed by atoms with van der Waals surface area (Å²) in [6.07, 6.45) is 3.28. The van der Waals surface area contributed by atoms with E-state index in [9.17, 15) is 0 Å². The smallest absolute Gasteiger partial charge is 0.0519 e. The summed E-state index contributed by atoms with van der Waals surface area (Å²) in [7, 11) is 1.96. The van der Waals surface area contributed by atoms with Crippen LogP contribution in [0.2, 0.25) is 5.02 Å². The first-order chi connectivity index (χ1) is 6.26. The fourth-order valence-electron chi connectivity index (χ4n) is 1.11. The highest BCUT2D eigenvalue weighted by molar-refractivity contribution is 7.11. The van der Waals surface area contributed by atoms with E-state index in [1.165, 1.54) is 10.5 Å². The van der Waals surface area contributed by atoms with E-state index in [4.69, 9.17) is 11.6 Å². The van der Waals surface area contributed by atoms with E-state index in [2.05, 4.69) is 18.3 Å². The molecule has 0 aromatic carbocycles. The number of rotatable bonds is 4. The zero-order valence-electron chi connectivity index (χ0n) is 7.93. The molecular weight excluding hydrogens is 202 g/mol. The molecule has 1 aromatic rings. The molecule has 0 saturated carbocycles. The molecule has 1 nitrogen and oxygen atoms in total. The lowest BCUT2D eigenvalue weighted by molar-refractivity contribution is 0.851. The third-order valence-corrected chi connectivity index (χ3v) is 3.02. The van der Waals surface area contributed by atoms with Crippen LogP contribution in [0.15, 0.2) is 17.0 Å². The standard InChI is InChI=1S/C10H14ClNS/c1-3-8(6-12-2)4-10-5-9(11)7-13-10/h4-5,7,12H,3,6H2,1-2H3. The summed E-state index contributed by atoms with van der Waals surface area (Å²) in [5, 5.41) is 5.94. The zero-order valence-corrected chi connectivity index (χ0v) is 9.50. The molecule has 0 aliphatic rings. The molecule has 13 heavy (non-hydrogen) atoms. The lowest BCUT2D eigenvalue weighted by Gasteiger charge is -2.01. The fourth-order valence-corrected chi connectivity index (χ4v) is 2.17. The van der Waals surface area contributed by atoms with Gasteiger partial charge < -0.3 is 5.32 Å². The van der Waals surface area contributed by atoms with Crippen molar-refractivity contribution in [2.45, 2.75) is 13.3 Å². The molecule has 0 unspecified atom stereocenters. The summed E-state index contributed by atoms with van der Waals surface area (Å²) in [5.41, 5.74) is 1.40. The van der Waals surface area contributed by atoms with E-state index < -0.39 is 0 Å². The van der Waals surface area contributed by atoms with Gasteiger partial charge in [-0.05, 0) is 25.6 Å². The summed E-state index contributed by atoms with van der Waals surface area (Å²) in [6.45, 7) is 3.12. The molecule has 1 rings (SSSR count). The van der Waals surface area contributed by atoms with Gasteiger partial charge in [-0.1, -0.05) is 24.1 Å². The zero-order chi connectivity index (χ0) is 9.68. The topological polar surface area (TPSA) is 12.0 Å². The molecule has 0 spiro atoms. The van der Waals surface area contributed by atoms with Crippen LogP contribution in [0.4, 0.5) is 0 Å². The minimum atomic E-state index is 0.830. The van der Waals surface area contributed by atoms with Gasteiger partial charge in [-0.2, -0.15) is 0 Å². The van der Waals surface area contributed by atoms with Crippen LogP contribution in [0.1, 0.15) is 18.2 Å². The second kappa shape index (κ2) is 5.43. The van der Waals surface area contributed by atoms with E-state index in [1.54, 1.807) is 11.3 Å². The van der Waals surface area contributed by atoms with Crippen LogP contribution in [0.5, 0.6) is 0 Å². The molecule has 0 aliphatic heterocycles. The minimum Gasteiger partial charge on any atom is -0.316 e. The average Bonchev–Trinajstić information content (AvgIpc) is 2.50. The monoisotopic (exact) mass is 215 g/mol. The molecule has 1 heterocycles. The maximum atomic E-state index is 5.83. The van der Waals surface area contributed by atoms with Crippen LogP contribution in [0, 0.1) is 0 Å². The van der Waals surface area contributed by atoms with Crippen molar-refractivity contribution in [3.05, 3.63) is 26.9 Å². The van der Waals surface area contributed by atoms with Crippen molar-refractivity contribution in [2.75, 3.05) is 13.6 Å². The van der Waals surface area contributed by atoms with E-state index in [-0.39, 0.29) is 0 Å². The highest BCUT2D eigenvalue weighted by Gasteiger charge is 1.96. The average molecular weight is 216 g/mol. The Morgan fingerprint density at radius 3 is 2.92 bits per heavy atom. The van der Waals surface area contributed by atoms with Gasteiger partial charge in [-0.15, -0.1) is 11.3 Å². The molecule has 0 fully saturated rings. The van der Waals surface area contributed by atoms with Crippen molar-refractivity contribution in [1.29, 1.82) is 0 Å². The van der Waals surface area contributed by atoms with Crippen molar-refractivity contribution in [3.63, 3.8) is 0 Å². The maximum absolute atomic E-state index is 5.83. The first kappa shape index (κ1) is 10.8. The third-order valence-electron chi connectivity index (χ3n) is 1.79. The van der Waals surface area contributed by atoms with Crippen molar-refractivity contribution in [1.82, 2.24) is 5.32 Å². The van der Waals surface area contributed by atoms with Crippen LogP contribution >= 0.6 is 22.9 Å². The Kier molecular flexibility index (Phi) is 4.50. The lowest BCUT2D eigenvalue weighted by atomic mass is 10.2. The minimum absolute atomic E-state index is 0.830. The van der Waals surface area contributed by atoms with Gasteiger partial charge in [0.25, 0.3) is 0 Å². The quantitative estimate of drug-likeness (QED) is 0.812. The summed E-state index contributed by atoms with van der Waals surface area (Å²) < 4.78 is 0. The molecule has 0 amide bonds. The van der Waals surface area contributed by atoms with E-state index in [0.717, 1.165) is 18.0 Å². The Balaban J connectivity index is 2.72. The highest BCUT2D eigenvalue weighted by atomic mass is 35.5. The Morgan fingerprint density at radius 2 is 2.46 bits per heavy atom. The summed E-state index contributed by atoms with van der Waals surface area (Å²) >= 11 is 7.51. The number of hydrogen-bond donors (Lipinski definition) is 1. The summed E-state index contributed by atoms with van der Waals surface area (Å²) in [4.78, 5) is 1.23. The van der Waals surface area contributed by atoms with Crippen LogP contribution in [-0.4, -0.2) is 13.6 Å². The van der Waals surface area contributed by atoms with Crippen LogP contribution in [0.25, 0.3) is 6.08 Å². The number of thiophene rings is 1. The number of halogens is 1. The molecule has 0 saturated heterocycles. The fraction of sp³-hybridized carbons (Fsp3) is 0.400. The predicted octanol–water partition coefficient (Wildman–Crippen LogP) is 3.41. The van der Waals surface area contributed by atoms with Gasteiger partial charge in [0.1, 0.15) is 0 Å². The first-order valence-corrected chi connectivity index (χ1v) is 5.60. The molecule has 0 atom stereocenters. The van der Waals surface area contributed by atoms with Crippen molar-refractivity contribution >= 4 is 29.0 Å². The second-order valence-electron chi connectivity index (χ2n) is 2.85. The molecule has 1 N–H and O–H groups in total. The Bertz CT molecular complexity index is 291. The predicted molar refractivity (Wildman–Crippen MR) is 61.5 cm³/mol. The molecule has 1 aromatic heterocycles. The molecule has 3 heteroatoms. The van der Waals surface area contributed by atoms with E-state index in [1.807, 2.05) is 18.5 Å². The third kappa shape index (κ3) is 3.51. The second-order valence-corrected chi connectivity index (χ2v) is 4.23. The largest absolute Gasteiger partial charge is 0.316 e. The Labute approximate surface area is 88.4 Å². The molecule has 0 bridgehead atoms. The Hall–Kier alpha value is -0.310. The summed E-state index contributed by atoms with van der Waals surface area (Å²) in [5.74, 6) is 0. The number of nitrogens with one attached hydrogen (secondary N) is 1. The lowest BCUT2D eigenvalue weighted by Crippen LogP contribution is -2.09. The van der Waals surface area contributed by atoms with Crippen LogP contribution < -0.4 is 5.32 Å². The van der Waals surface area contributed by atoms with Gasteiger partial charge in [0, 0.05) is 16.8 Å². The summed E-state index contributed by atoms with van der Waals surface area (Å²) in [6, 6.07) is 2.00. The maximum Gasteiger partial charge on any atom is 0.0519 e. The number of likely N-dealkylation sites (N-methyl/N-ethyl adjacent to an activating group) is 1. The van der Waals surface area contributed by atoms with E-state index >= 15 is 0 Å². The first-order valence-electron chi connectivity index (χ1n) is 4.34. The molecular formula is C10H14ClNS. The van der Waals surface area contributed by atoms with Crippen LogP contribution in [0.3, 0.4) is 0 Å². The molecule has 0 aliphatic carbocycles. The Morgan fingerprint density at radius 1 is 1.69 bits per heavy atom. The molecule has 72 valence electrons. The van der Waals surface area contributed by atoms with E-state index in [0.29, 0.717) is 0 Å². The van der Waals surface area contributed by atoms with Gasteiger partial charge in [0.2, 0.25) is 0 Å². The van der Waals surface area contributed by atoms with Crippen molar-refractivity contribution in [2.24, 2.45) is 0 Å².